The molecule has 0 saturated heterocycles. The smallest absolute Gasteiger partial charge is 0.345 e. The number of aromatic nitrogens is 1. The Balaban J connectivity index is 2.14. The molecule has 0 unspecified atom stereocenters. The van der Waals surface area contributed by atoms with Gasteiger partial charge in [0.15, 0.2) is 0 Å². The molecule has 1 fully saturated rings. The van der Waals surface area contributed by atoms with E-state index >= 15 is 0 Å². The molecule has 0 atom stereocenters. The largest absolute Gasteiger partial charge is 0.509 e. The number of hydrogen-bond donors (Lipinski definition) is 1. The highest BCUT2D eigenvalue weighted by molar-refractivity contribution is 6.25. The van der Waals surface area contributed by atoms with E-state index in [1.165, 1.54) is 0 Å². The van der Waals surface area contributed by atoms with Crippen LogP contribution >= 0.6 is 0 Å². The highest BCUT2D eigenvalue weighted by atomic mass is 16.5. The van der Waals surface area contributed by atoms with Gasteiger partial charge in [0.1, 0.15) is 16.9 Å². The van der Waals surface area contributed by atoms with Crippen molar-refractivity contribution in [3.8, 4) is 0 Å². The van der Waals surface area contributed by atoms with E-state index in [0.29, 0.717) is 5.69 Å². The number of ketones is 1. The molecule has 5 heteroatoms. The summed E-state index contributed by atoms with van der Waals surface area (Å²) in [4.78, 5) is 24.0. The van der Waals surface area contributed by atoms with Crippen molar-refractivity contribution in [2.75, 3.05) is 6.61 Å². The van der Waals surface area contributed by atoms with Gasteiger partial charge in [0, 0.05) is 6.20 Å². The van der Waals surface area contributed by atoms with Crippen molar-refractivity contribution >= 4 is 11.8 Å². The first kappa shape index (κ1) is 11.1. The van der Waals surface area contributed by atoms with Gasteiger partial charge in [-0.3, -0.25) is 4.79 Å². The van der Waals surface area contributed by atoms with Crippen LogP contribution in [0.4, 0.5) is 0 Å². The lowest BCUT2D eigenvalue weighted by molar-refractivity contribution is -0.138. The lowest BCUT2D eigenvalue weighted by Gasteiger charge is -2.26. The molecule has 5 nitrogen and oxygen atoms in total. The lowest BCUT2D eigenvalue weighted by Crippen LogP contribution is -2.34. The molecule has 94 valence electrons. The molecule has 0 amide bonds. The fourth-order valence-electron chi connectivity index (χ4n) is 2.51. The molecule has 1 aromatic heterocycles. The fraction of sp³-hybridized carbons (Fsp3) is 0.385. The van der Waals surface area contributed by atoms with E-state index in [2.05, 4.69) is 0 Å². The van der Waals surface area contributed by atoms with E-state index in [0.717, 1.165) is 12.8 Å². The van der Waals surface area contributed by atoms with Crippen molar-refractivity contribution in [2.24, 2.45) is 0 Å². The topological polar surface area (TPSA) is 68.5 Å². The van der Waals surface area contributed by atoms with E-state index in [1.807, 2.05) is 0 Å². The number of nitrogens with zero attached hydrogens (tertiary/aromatic N) is 1. The Morgan fingerprint density at radius 2 is 2.28 bits per heavy atom. The average Bonchev–Trinajstić information content (AvgIpc) is 2.97. The molecule has 0 aromatic carbocycles. The van der Waals surface area contributed by atoms with Gasteiger partial charge in [0.05, 0.1) is 12.3 Å². The predicted octanol–water partition coefficient (Wildman–Crippen LogP) is 1.55. The summed E-state index contributed by atoms with van der Waals surface area (Å²) in [6.45, 7) is 1.84. The van der Waals surface area contributed by atoms with Crippen LogP contribution in [0.2, 0.25) is 0 Å². The van der Waals surface area contributed by atoms with E-state index in [1.54, 1.807) is 29.8 Å². The summed E-state index contributed by atoms with van der Waals surface area (Å²) >= 11 is 0. The van der Waals surface area contributed by atoms with Crippen LogP contribution in [-0.2, 0) is 15.1 Å². The molecule has 18 heavy (non-hydrogen) atoms. The summed E-state index contributed by atoms with van der Waals surface area (Å²) in [7, 11) is 0. The molecule has 3 rings (SSSR count). The molecule has 1 spiro atoms. The van der Waals surface area contributed by atoms with Crippen LogP contribution in [0.1, 0.15) is 30.3 Å². The number of hydrogen-bond acceptors (Lipinski definition) is 4. The summed E-state index contributed by atoms with van der Waals surface area (Å²) in [6.07, 6.45) is 3.23. The first-order valence-electron chi connectivity index (χ1n) is 5.95. The molecule has 2 heterocycles. The number of fused-ring (bicyclic) bond motifs is 2. The summed E-state index contributed by atoms with van der Waals surface area (Å²) < 4.78 is 6.61. The van der Waals surface area contributed by atoms with Gasteiger partial charge in [-0.05, 0) is 31.9 Å². The minimum Gasteiger partial charge on any atom is -0.509 e. The van der Waals surface area contributed by atoms with Crippen molar-refractivity contribution in [3.05, 3.63) is 35.4 Å². The molecule has 1 aliphatic heterocycles. The Labute approximate surface area is 104 Å². The standard InChI is InChI=1S/C13H13NO4/c1-2-18-12(17)9-10(15)8-4-3-7-14(8)13(5-6-13)11(9)16/h3-4,7,16H,2,5-6H2,1H3. The summed E-state index contributed by atoms with van der Waals surface area (Å²) in [5.41, 5.74) is -0.358. The monoisotopic (exact) mass is 247 g/mol. The zero-order valence-corrected chi connectivity index (χ0v) is 9.97. The highest BCUT2D eigenvalue weighted by Gasteiger charge is 2.55. The number of carbonyl (C=O) groups is 2. The van der Waals surface area contributed by atoms with Crippen LogP contribution in [0.15, 0.2) is 29.7 Å². The molecule has 1 aliphatic carbocycles. The maximum absolute atomic E-state index is 12.2. The third kappa shape index (κ3) is 1.21. The number of esters is 1. The minimum absolute atomic E-state index is 0.144. The first-order chi connectivity index (χ1) is 8.62. The van der Waals surface area contributed by atoms with Crippen LogP contribution in [0.3, 0.4) is 0 Å². The molecule has 2 aliphatic rings. The van der Waals surface area contributed by atoms with Crippen LogP contribution in [0.5, 0.6) is 0 Å². The number of aliphatic hydroxyl groups excluding tert-OH is 1. The van der Waals surface area contributed by atoms with E-state index in [9.17, 15) is 14.7 Å². The van der Waals surface area contributed by atoms with Crippen LogP contribution < -0.4 is 0 Å². The second-order valence-corrected chi connectivity index (χ2v) is 4.57. The molecular formula is C13H13NO4. The van der Waals surface area contributed by atoms with E-state index in [-0.39, 0.29) is 17.9 Å². The SMILES string of the molecule is CCOC(=O)C1=C(O)C2(CC2)n2cccc2C1=O. The number of carbonyl (C=O) groups excluding carboxylic acids is 2. The van der Waals surface area contributed by atoms with E-state index < -0.39 is 17.3 Å². The van der Waals surface area contributed by atoms with Crippen molar-refractivity contribution < 1.29 is 19.4 Å². The minimum atomic E-state index is -0.737. The van der Waals surface area contributed by atoms with Gasteiger partial charge in [-0.1, -0.05) is 0 Å². The van der Waals surface area contributed by atoms with Gasteiger partial charge < -0.3 is 14.4 Å². The van der Waals surface area contributed by atoms with Gasteiger partial charge in [0.25, 0.3) is 0 Å². The van der Waals surface area contributed by atoms with Gasteiger partial charge in [-0.15, -0.1) is 0 Å². The molecule has 0 radical (unpaired) electrons. The lowest BCUT2D eigenvalue weighted by atomic mass is 9.97. The average molecular weight is 247 g/mol. The summed E-state index contributed by atoms with van der Waals surface area (Å²) in [5, 5.41) is 10.2. The van der Waals surface area contributed by atoms with Gasteiger partial charge in [0.2, 0.25) is 5.78 Å². The molecular weight excluding hydrogens is 234 g/mol. The van der Waals surface area contributed by atoms with Crippen molar-refractivity contribution in [2.45, 2.75) is 25.3 Å². The Hall–Kier alpha value is -2.04. The number of allylic oxidation sites excluding steroid dienone is 1. The Morgan fingerprint density at radius 1 is 1.56 bits per heavy atom. The summed E-state index contributed by atoms with van der Waals surface area (Å²) in [5.74, 6) is -1.35. The second-order valence-electron chi connectivity index (χ2n) is 4.57. The fourth-order valence-corrected chi connectivity index (χ4v) is 2.51. The maximum atomic E-state index is 12.2. The number of rotatable bonds is 2. The highest BCUT2D eigenvalue weighted by Crippen LogP contribution is 2.52. The number of Topliss-reactive ketones (excluding diaryl/α,β-unsaturated/α-hetero) is 1. The van der Waals surface area contributed by atoms with Crippen molar-refractivity contribution in [1.29, 1.82) is 0 Å². The van der Waals surface area contributed by atoms with Crippen LogP contribution in [0.25, 0.3) is 0 Å². The third-order valence-electron chi connectivity index (χ3n) is 3.55. The summed E-state index contributed by atoms with van der Waals surface area (Å²) in [6, 6.07) is 3.41. The van der Waals surface area contributed by atoms with Gasteiger partial charge in [-0.2, -0.15) is 0 Å². The molecule has 1 saturated carbocycles. The van der Waals surface area contributed by atoms with Crippen LogP contribution in [-0.4, -0.2) is 28.0 Å². The zero-order valence-electron chi connectivity index (χ0n) is 9.97. The number of ether oxygens (including phenoxy) is 1. The van der Waals surface area contributed by atoms with Gasteiger partial charge >= 0.3 is 5.97 Å². The normalized spacial score (nSPS) is 19.9. The van der Waals surface area contributed by atoms with Gasteiger partial charge in [-0.25, -0.2) is 4.79 Å². The van der Waals surface area contributed by atoms with Crippen molar-refractivity contribution in [1.82, 2.24) is 4.57 Å². The quantitative estimate of drug-likeness (QED) is 0.636. The molecule has 1 N–H and O–H groups in total. The first-order valence-corrected chi connectivity index (χ1v) is 5.95. The van der Waals surface area contributed by atoms with Crippen molar-refractivity contribution in [3.63, 3.8) is 0 Å². The molecule has 1 aromatic rings. The second kappa shape index (κ2) is 3.48. The third-order valence-corrected chi connectivity index (χ3v) is 3.55. The van der Waals surface area contributed by atoms with E-state index in [4.69, 9.17) is 4.74 Å². The maximum Gasteiger partial charge on any atom is 0.345 e. The Kier molecular flexibility index (Phi) is 2.14. The molecule has 0 bridgehead atoms. The van der Waals surface area contributed by atoms with Crippen LogP contribution in [0, 0.1) is 0 Å². The predicted molar refractivity (Wildman–Crippen MR) is 62.3 cm³/mol. The zero-order chi connectivity index (χ0) is 12.9. The Morgan fingerprint density at radius 3 is 2.89 bits per heavy atom. The number of aliphatic hydroxyl groups is 1. The Bertz CT molecular complexity index is 578.